The maximum Gasteiger partial charge on any atom is 0.303 e. The van der Waals surface area contributed by atoms with E-state index in [2.05, 4.69) is 10.5 Å². The topological polar surface area (TPSA) is 88.0 Å². The summed E-state index contributed by atoms with van der Waals surface area (Å²) < 4.78 is 0. The second-order valence-corrected chi connectivity index (χ2v) is 3.76. The van der Waals surface area contributed by atoms with E-state index in [1.807, 2.05) is 6.92 Å². The molecule has 0 bridgehead atoms. The molecule has 0 radical (unpaired) electrons. The lowest BCUT2D eigenvalue weighted by molar-refractivity contribution is -0.137. The zero-order chi connectivity index (χ0) is 12.0. The molecule has 6 nitrogen and oxygen atoms in total. The highest BCUT2D eigenvalue weighted by atomic mass is 16.6. The molecular weight excluding hydrogens is 212 g/mol. The Bertz CT molecular complexity index is 301. The number of nitrogens with zero attached hydrogens (tertiary/aromatic N) is 1. The van der Waals surface area contributed by atoms with Crippen molar-refractivity contribution in [3.63, 3.8) is 0 Å². The first kappa shape index (κ1) is 12.5. The van der Waals surface area contributed by atoms with Gasteiger partial charge in [0.2, 0.25) is 0 Å². The van der Waals surface area contributed by atoms with E-state index in [4.69, 9.17) is 9.94 Å². The summed E-state index contributed by atoms with van der Waals surface area (Å²) in [5.41, 5.74) is 0.408. The number of oxime groups is 1. The van der Waals surface area contributed by atoms with Crippen LogP contribution in [-0.2, 0) is 14.4 Å². The Kier molecular flexibility index (Phi) is 4.75. The van der Waals surface area contributed by atoms with Crippen LogP contribution < -0.4 is 5.32 Å². The molecule has 0 aromatic heterocycles. The van der Waals surface area contributed by atoms with E-state index in [0.29, 0.717) is 31.5 Å². The molecule has 1 atom stereocenters. The molecule has 0 fully saturated rings. The molecule has 1 aliphatic rings. The van der Waals surface area contributed by atoms with E-state index in [1.165, 1.54) is 0 Å². The van der Waals surface area contributed by atoms with Crippen molar-refractivity contribution < 1.29 is 19.5 Å². The van der Waals surface area contributed by atoms with E-state index in [-0.39, 0.29) is 18.4 Å². The summed E-state index contributed by atoms with van der Waals surface area (Å²) in [5.74, 6) is -1.03. The SMILES string of the molecule is CC1CC(C(=O)NCCCCC(=O)O)=NO1. The quantitative estimate of drug-likeness (QED) is 0.649. The number of nitrogens with one attached hydrogen (secondary N) is 1. The molecule has 16 heavy (non-hydrogen) atoms. The summed E-state index contributed by atoms with van der Waals surface area (Å²) in [4.78, 5) is 26.6. The summed E-state index contributed by atoms with van der Waals surface area (Å²) in [6.45, 7) is 2.32. The molecule has 0 spiro atoms. The van der Waals surface area contributed by atoms with Crippen molar-refractivity contribution in [2.24, 2.45) is 5.16 Å². The molecule has 0 saturated carbocycles. The summed E-state index contributed by atoms with van der Waals surface area (Å²) >= 11 is 0. The third kappa shape index (κ3) is 4.29. The van der Waals surface area contributed by atoms with Crippen LogP contribution in [-0.4, -0.2) is 35.3 Å². The Morgan fingerprint density at radius 1 is 1.56 bits per heavy atom. The monoisotopic (exact) mass is 228 g/mol. The number of aliphatic carboxylic acids is 1. The zero-order valence-electron chi connectivity index (χ0n) is 9.23. The number of hydrogen-bond donors (Lipinski definition) is 2. The van der Waals surface area contributed by atoms with Crippen LogP contribution in [0, 0.1) is 0 Å². The van der Waals surface area contributed by atoms with Crippen LogP contribution in [0.15, 0.2) is 5.16 Å². The average Bonchev–Trinajstić information content (AvgIpc) is 2.63. The molecule has 0 aromatic rings. The molecule has 0 aromatic carbocycles. The number of carbonyl (C=O) groups is 2. The van der Waals surface area contributed by atoms with Gasteiger partial charge in [-0.3, -0.25) is 9.59 Å². The van der Waals surface area contributed by atoms with Gasteiger partial charge >= 0.3 is 5.97 Å². The van der Waals surface area contributed by atoms with Crippen LogP contribution in [0.25, 0.3) is 0 Å². The summed E-state index contributed by atoms with van der Waals surface area (Å²) in [7, 11) is 0. The van der Waals surface area contributed by atoms with Gasteiger partial charge in [-0.1, -0.05) is 5.16 Å². The fourth-order valence-electron chi connectivity index (χ4n) is 1.34. The minimum Gasteiger partial charge on any atom is -0.481 e. The molecule has 6 heteroatoms. The summed E-state index contributed by atoms with van der Waals surface area (Å²) in [6, 6.07) is 0. The van der Waals surface area contributed by atoms with E-state index in [9.17, 15) is 9.59 Å². The van der Waals surface area contributed by atoms with Crippen LogP contribution in [0.4, 0.5) is 0 Å². The van der Waals surface area contributed by atoms with Crippen molar-refractivity contribution in [3.8, 4) is 0 Å². The third-order valence-corrected chi connectivity index (χ3v) is 2.19. The van der Waals surface area contributed by atoms with Gasteiger partial charge in [0.25, 0.3) is 5.91 Å². The van der Waals surface area contributed by atoms with Crippen molar-refractivity contribution in [2.45, 2.75) is 38.7 Å². The van der Waals surface area contributed by atoms with Gasteiger partial charge in [0.1, 0.15) is 11.8 Å². The fourth-order valence-corrected chi connectivity index (χ4v) is 1.34. The number of carboxylic acid groups (broad SMARTS) is 1. The highest BCUT2D eigenvalue weighted by Crippen LogP contribution is 2.08. The second kappa shape index (κ2) is 6.09. The normalized spacial score (nSPS) is 18.8. The van der Waals surface area contributed by atoms with Gasteiger partial charge in [-0.25, -0.2) is 0 Å². The molecule has 1 unspecified atom stereocenters. The first-order valence-electron chi connectivity index (χ1n) is 5.32. The lowest BCUT2D eigenvalue weighted by atomic mass is 10.2. The van der Waals surface area contributed by atoms with E-state index < -0.39 is 5.97 Å². The Hall–Kier alpha value is -1.59. The van der Waals surface area contributed by atoms with Crippen molar-refractivity contribution >= 4 is 17.6 Å². The molecule has 1 rings (SSSR count). The number of unbranched alkanes of at least 4 members (excludes halogenated alkanes) is 1. The van der Waals surface area contributed by atoms with E-state index in [1.54, 1.807) is 0 Å². The minimum absolute atomic E-state index is 0.0345. The van der Waals surface area contributed by atoms with Gasteiger partial charge in [-0.2, -0.15) is 0 Å². The van der Waals surface area contributed by atoms with Gasteiger partial charge in [0.05, 0.1) is 0 Å². The molecule has 1 amide bonds. The molecule has 1 heterocycles. The Morgan fingerprint density at radius 2 is 2.31 bits per heavy atom. The van der Waals surface area contributed by atoms with Gasteiger partial charge < -0.3 is 15.3 Å². The molecule has 1 aliphatic heterocycles. The minimum atomic E-state index is -0.811. The second-order valence-electron chi connectivity index (χ2n) is 3.76. The van der Waals surface area contributed by atoms with Gasteiger partial charge in [0, 0.05) is 19.4 Å². The average molecular weight is 228 g/mol. The Morgan fingerprint density at radius 3 is 2.88 bits per heavy atom. The maximum absolute atomic E-state index is 11.4. The van der Waals surface area contributed by atoms with Crippen LogP contribution in [0.3, 0.4) is 0 Å². The first-order valence-corrected chi connectivity index (χ1v) is 5.32. The number of amides is 1. The lowest BCUT2D eigenvalue weighted by Crippen LogP contribution is -2.31. The summed E-state index contributed by atoms with van der Waals surface area (Å²) in [5, 5.41) is 14.7. The molecule has 2 N–H and O–H groups in total. The van der Waals surface area contributed by atoms with Gasteiger partial charge in [0.15, 0.2) is 0 Å². The van der Waals surface area contributed by atoms with Crippen LogP contribution >= 0.6 is 0 Å². The predicted molar refractivity (Wildman–Crippen MR) is 57.1 cm³/mol. The standard InChI is InChI=1S/C10H16N2O4/c1-7-6-8(12-16-7)10(15)11-5-3-2-4-9(13)14/h7H,2-6H2,1H3,(H,11,15)(H,13,14). The molecular formula is C10H16N2O4. The van der Waals surface area contributed by atoms with Gasteiger partial charge in [-0.05, 0) is 19.8 Å². The number of hydrogen-bond acceptors (Lipinski definition) is 4. The van der Waals surface area contributed by atoms with Crippen molar-refractivity contribution in [1.29, 1.82) is 0 Å². The van der Waals surface area contributed by atoms with E-state index in [0.717, 1.165) is 0 Å². The van der Waals surface area contributed by atoms with Crippen LogP contribution in [0.1, 0.15) is 32.6 Å². The van der Waals surface area contributed by atoms with Crippen molar-refractivity contribution in [3.05, 3.63) is 0 Å². The van der Waals surface area contributed by atoms with Crippen molar-refractivity contribution in [1.82, 2.24) is 5.32 Å². The number of carboxylic acids is 1. The zero-order valence-corrected chi connectivity index (χ0v) is 9.23. The molecule has 0 saturated heterocycles. The van der Waals surface area contributed by atoms with Crippen molar-refractivity contribution in [2.75, 3.05) is 6.54 Å². The van der Waals surface area contributed by atoms with Crippen LogP contribution in [0.5, 0.6) is 0 Å². The third-order valence-electron chi connectivity index (χ3n) is 2.19. The predicted octanol–water partition coefficient (Wildman–Crippen LogP) is 0.522. The number of rotatable bonds is 6. The van der Waals surface area contributed by atoms with Gasteiger partial charge in [-0.15, -0.1) is 0 Å². The lowest BCUT2D eigenvalue weighted by Gasteiger charge is -2.02. The fraction of sp³-hybridized carbons (Fsp3) is 0.700. The number of carbonyl (C=O) groups excluding carboxylic acids is 1. The highest BCUT2D eigenvalue weighted by Gasteiger charge is 2.21. The van der Waals surface area contributed by atoms with E-state index >= 15 is 0 Å². The first-order chi connectivity index (χ1) is 7.59. The highest BCUT2D eigenvalue weighted by molar-refractivity contribution is 6.39. The molecule has 0 aliphatic carbocycles. The maximum atomic E-state index is 11.4. The Balaban J connectivity index is 2.09. The Labute approximate surface area is 93.6 Å². The largest absolute Gasteiger partial charge is 0.481 e. The smallest absolute Gasteiger partial charge is 0.303 e. The molecule has 90 valence electrons. The van der Waals surface area contributed by atoms with Crippen LogP contribution in [0.2, 0.25) is 0 Å². The summed E-state index contributed by atoms with van der Waals surface area (Å²) in [6.07, 6.45) is 1.85.